The molecular weight excluding hydrogens is 681 g/mol. The summed E-state index contributed by atoms with van der Waals surface area (Å²) in [5.74, 6) is 0.642. The average Bonchev–Trinajstić information content (AvgIpc) is 3.73. The van der Waals surface area contributed by atoms with Crippen molar-refractivity contribution < 1.29 is 4.42 Å². The molecule has 1 aromatic heterocycles. The van der Waals surface area contributed by atoms with Crippen LogP contribution in [0.15, 0.2) is 223 Å². The fourth-order valence-corrected chi connectivity index (χ4v) is 7.60. The molecule has 0 atom stereocenters. The first-order valence-corrected chi connectivity index (χ1v) is 18.9. The summed E-state index contributed by atoms with van der Waals surface area (Å²) in [6.45, 7) is 0. The Balaban J connectivity index is 0.943. The zero-order valence-electron chi connectivity index (χ0n) is 30.6. The normalized spacial score (nSPS) is 11.2. The Bertz CT molecular complexity index is 2920. The number of anilines is 3. The van der Waals surface area contributed by atoms with Crippen LogP contribution in [0.1, 0.15) is 0 Å². The minimum absolute atomic E-state index is 0.642. The summed E-state index contributed by atoms with van der Waals surface area (Å²) in [7, 11) is 0. The number of hydrogen-bond acceptors (Lipinski definition) is 3. The molecule has 0 aliphatic heterocycles. The molecule has 1 heterocycles. The highest BCUT2D eigenvalue weighted by Crippen LogP contribution is 2.39. The zero-order valence-corrected chi connectivity index (χ0v) is 30.6. The van der Waals surface area contributed by atoms with Gasteiger partial charge in [0.2, 0.25) is 5.89 Å². The van der Waals surface area contributed by atoms with Crippen LogP contribution < -0.4 is 4.90 Å². The second-order valence-corrected chi connectivity index (χ2v) is 14.0. The summed E-state index contributed by atoms with van der Waals surface area (Å²) in [5.41, 5.74) is 15.4. The molecule has 0 bridgehead atoms. The predicted octanol–water partition coefficient (Wildman–Crippen LogP) is 14.8. The minimum atomic E-state index is 0.642. The number of benzene rings is 9. The molecule has 0 radical (unpaired) electrons. The van der Waals surface area contributed by atoms with Crippen LogP contribution in [0, 0.1) is 0 Å². The number of rotatable bonds is 8. The maximum atomic E-state index is 6.12. The van der Waals surface area contributed by atoms with Crippen LogP contribution in [0.4, 0.5) is 17.1 Å². The van der Waals surface area contributed by atoms with E-state index in [0.717, 1.165) is 50.1 Å². The maximum absolute atomic E-state index is 6.12. The third-order valence-corrected chi connectivity index (χ3v) is 10.5. The van der Waals surface area contributed by atoms with Gasteiger partial charge >= 0.3 is 0 Å². The molecular formula is C53H36N2O. The highest BCUT2D eigenvalue weighted by Gasteiger charge is 2.15. The molecule has 0 amide bonds. The lowest BCUT2D eigenvalue weighted by molar-refractivity contribution is 0.620. The summed E-state index contributed by atoms with van der Waals surface area (Å²) in [6.07, 6.45) is 0. The summed E-state index contributed by atoms with van der Waals surface area (Å²) in [6, 6.07) is 77.2. The number of nitrogens with zero attached hydrogens (tertiary/aromatic N) is 2. The molecule has 0 aliphatic rings. The van der Waals surface area contributed by atoms with E-state index in [1.807, 2.05) is 36.4 Å². The standard InChI is InChI=1S/C53H36N2O/c1-4-11-37(12-5-1)40-23-29-47(30-24-40)55(49-18-10-17-44(36-49)38-13-6-2-7-14-38)48-31-25-41(26-32-48)39-19-21-42(22-20-39)45-27-33-50-46(35-45)28-34-51-52(50)54-53(56-51)43-15-8-3-9-16-43/h1-36H. The molecule has 0 spiro atoms. The van der Waals surface area contributed by atoms with Crippen molar-refractivity contribution in [1.29, 1.82) is 0 Å². The van der Waals surface area contributed by atoms with Crippen molar-refractivity contribution >= 4 is 38.9 Å². The third-order valence-electron chi connectivity index (χ3n) is 10.5. The molecule has 0 N–H and O–H groups in total. The number of oxazole rings is 1. The van der Waals surface area contributed by atoms with Crippen LogP contribution in [0.3, 0.4) is 0 Å². The van der Waals surface area contributed by atoms with E-state index in [1.54, 1.807) is 0 Å². The van der Waals surface area contributed by atoms with Gasteiger partial charge in [-0.15, -0.1) is 0 Å². The quantitative estimate of drug-likeness (QED) is 0.157. The summed E-state index contributed by atoms with van der Waals surface area (Å²) in [4.78, 5) is 7.21. The topological polar surface area (TPSA) is 29.3 Å². The maximum Gasteiger partial charge on any atom is 0.227 e. The van der Waals surface area contributed by atoms with Crippen molar-refractivity contribution in [3.05, 3.63) is 218 Å². The van der Waals surface area contributed by atoms with E-state index in [9.17, 15) is 0 Å². The average molecular weight is 717 g/mol. The first-order valence-electron chi connectivity index (χ1n) is 18.9. The molecule has 3 heteroatoms. The zero-order chi connectivity index (χ0) is 37.3. The van der Waals surface area contributed by atoms with Gasteiger partial charge in [0.1, 0.15) is 5.52 Å². The van der Waals surface area contributed by atoms with E-state index >= 15 is 0 Å². The molecule has 0 saturated carbocycles. The fourth-order valence-electron chi connectivity index (χ4n) is 7.60. The molecule has 56 heavy (non-hydrogen) atoms. The van der Waals surface area contributed by atoms with Crippen LogP contribution in [0.2, 0.25) is 0 Å². The van der Waals surface area contributed by atoms with Gasteiger partial charge in [0.15, 0.2) is 5.58 Å². The van der Waals surface area contributed by atoms with Crippen LogP contribution in [0.5, 0.6) is 0 Å². The van der Waals surface area contributed by atoms with Gasteiger partial charge in [-0.2, -0.15) is 0 Å². The van der Waals surface area contributed by atoms with E-state index in [2.05, 4.69) is 187 Å². The monoisotopic (exact) mass is 716 g/mol. The molecule has 0 fully saturated rings. The van der Waals surface area contributed by atoms with Gasteiger partial charge in [-0.3, -0.25) is 0 Å². The third kappa shape index (κ3) is 6.42. The second-order valence-electron chi connectivity index (χ2n) is 14.0. The molecule has 3 nitrogen and oxygen atoms in total. The number of aromatic nitrogens is 1. The van der Waals surface area contributed by atoms with Crippen LogP contribution >= 0.6 is 0 Å². The Morgan fingerprint density at radius 3 is 1.36 bits per heavy atom. The fraction of sp³-hybridized carbons (Fsp3) is 0. The summed E-state index contributed by atoms with van der Waals surface area (Å²) in [5, 5.41) is 2.22. The van der Waals surface area contributed by atoms with Crippen LogP contribution in [0.25, 0.3) is 77.8 Å². The Hall–Kier alpha value is -7.49. The largest absolute Gasteiger partial charge is 0.436 e. The lowest BCUT2D eigenvalue weighted by Crippen LogP contribution is -2.10. The minimum Gasteiger partial charge on any atom is -0.436 e. The smallest absolute Gasteiger partial charge is 0.227 e. The molecule has 10 rings (SSSR count). The Labute approximate surface area is 326 Å². The van der Waals surface area contributed by atoms with Crippen LogP contribution in [-0.2, 0) is 0 Å². The first-order chi connectivity index (χ1) is 27.7. The van der Waals surface area contributed by atoms with Gasteiger partial charge < -0.3 is 9.32 Å². The van der Waals surface area contributed by atoms with E-state index < -0.39 is 0 Å². The highest BCUT2D eigenvalue weighted by atomic mass is 16.3. The molecule has 10 aromatic rings. The predicted molar refractivity (Wildman–Crippen MR) is 233 cm³/mol. The number of hydrogen-bond donors (Lipinski definition) is 0. The molecule has 0 unspecified atom stereocenters. The Morgan fingerprint density at radius 2 is 0.768 bits per heavy atom. The SMILES string of the molecule is c1ccc(-c2ccc(N(c3ccc(-c4ccc(-c5ccc6c(ccc7oc(-c8ccccc8)nc76)c5)cc4)cc3)c3cccc(-c4ccccc4)c3)cc2)cc1. The van der Waals surface area contributed by atoms with Crippen molar-refractivity contribution in [1.82, 2.24) is 4.98 Å². The molecule has 0 aliphatic carbocycles. The Kier molecular flexibility index (Phi) is 8.51. The lowest BCUT2D eigenvalue weighted by atomic mass is 9.98. The van der Waals surface area contributed by atoms with E-state index in [4.69, 9.17) is 9.40 Å². The molecule has 264 valence electrons. The van der Waals surface area contributed by atoms with Gasteiger partial charge in [0, 0.05) is 28.0 Å². The lowest BCUT2D eigenvalue weighted by Gasteiger charge is -2.26. The van der Waals surface area contributed by atoms with Crippen molar-refractivity contribution in [2.24, 2.45) is 0 Å². The van der Waals surface area contributed by atoms with Gasteiger partial charge in [0.25, 0.3) is 0 Å². The van der Waals surface area contributed by atoms with Crippen molar-refractivity contribution in [3.63, 3.8) is 0 Å². The first kappa shape index (κ1) is 33.1. The molecule has 9 aromatic carbocycles. The number of fused-ring (bicyclic) bond motifs is 3. The van der Waals surface area contributed by atoms with E-state index in [-0.39, 0.29) is 0 Å². The summed E-state index contributed by atoms with van der Waals surface area (Å²) < 4.78 is 6.12. The second kappa shape index (κ2) is 14.4. The van der Waals surface area contributed by atoms with Crippen molar-refractivity contribution in [2.75, 3.05) is 4.90 Å². The van der Waals surface area contributed by atoms with Gasteiger partial charge in [-0.05, 0) is 111 Å². The van der Waals surface area contributed by atoms with Gasteiger partial charge in [0.05, 0.1) is 0 Å². The van der Waals surface area contributed by atoms with E-state index in [1.165, 1.54) is 38.9 Å². The summed E-state index contributed by atoms with van der Waals surface area (Å²) >= 11 is 0. The highest BCUT2D eigenvalue weighted by molar-refractivity contribution is 6.05. The van der Waals surface area contributed by atoms with Crippen molar-refractivity contribution in [2.45, 2.75) is 0 Å². The van der Waals surface area contributed by atoms with Gasteiger partial charge in [-0.1, -0.05) is 158 Å². The Morgan fingerprint density at radius 1 is 0.321 bits per heavy atom. The van der Waals surface area contributed by atoms with E-state index in [0.29, 0.717) is 5.89 Å². The van der Waals surface area contributed by atoms with Crippen LogP contribution in [-0.4, -0.2) is 4.98 Å². The van der Waals surface area contributed by atoms with Gasteiger partial charge in [-0.25, -0.2) is 4.98 Å². The van der Waals surface area contributed by atoms with Crippen molar-refractivity contribution in [3.8, 4) is 56.0 Å². The molecule has 0 saturated heterocycles.